The minimum atomic E-state index is -1.52. The first-order valence-corrected chi connectivity index (χ1v) is 8.28. The van der Waals surface area contributed by atoms with Gasteiger partial charge in [0.1, 0.15) is 18.2 Å². The van der Waals surface area contributed by atoms with E-state index in [1.165, 1.54) is 0 Å². The van der Waals surface area contributed by atoms with Crippen LogP contribution >= 0.6 is 0 Å². The zero-order valence-electron chi connectivity index (χ0n) is 15.1. The van der Waals surface area contributed by atoms with Crippen LogP contribution in [0, 0.1) is 17.6 Å². The van der Waals surface area contributed by atoms with E-state index >= 15 is 0 Å². The van der Waals surface area contributed by atoms with Crippen molar-refractivity contribution in [2.45, 2.75) is 18.5 Å². The molecule has 0 radical (unpaired) electrons. The molecule has 1 heterocycles. The second-order valence-electron chi connectivity index (χ2n) is 6.02. The summed E-state index contributed by atoms with van der Waals surface area (Å²) in [5.74, 6) is -6.16. The van der Waals surface area contributed by atoms with Gasteiger partial charge in [-0.05, 0) is 17.7 Å². The highest BCUT2D eigenvalue weighted by molar-refractivity contribution is 5.98. The van der Waals surface area contributed by atoms with Gasteiger partial charge in [0.2, 0.25) is 0 Å². The lowest BCUT2D eigenvalue weighted by atomic mass is 9.84. The third-order valence-corrected chi connectivity index (χ3v) is 4.25. The third kappa shape index (κ3) is 4.65. The van der Waals surface area contributed by atoms with Crippen molar-refractivity contribution in [3.8, 4) is 0 Å². The van der Waals surface area contributed by atoms with E-state index < -0.39 is 60.1 Å². The number of carbonyl (C=O) groups is 5. The van der Waals surface area contributed by atoms with Crippen molar-refractivity contribution in [3.05, 3.63) is 35.4 Å². The van der Waals surface area contributed by atoms with Crippen LogP contribution in [0.25, 0.3) is 0 Å². The number of amides is 4. The number of esters is 1. The maximum Gasteiger partial charge on any atom is 0.326 e. The average Bonchev–Trinajstić information content (AvgIpc) is 2.68. The molecule has 10 nitrogen and oxygen atoms in total. The Balaban J connectivity index is 2.51. The molecule has 2 rings (SSSR count). The summed E-state index contributed by atoms with van der Waals surface area (Å²) < 4.78 is 31.8. The third-order valence-electron chi connectivity index (χ3n) is 4.25. The summed E-state index contributed by atoms with van der Waals surface area (Å²) >= 11 is 0. The van der Waals surface area contributed by atoms with Gasteiger partial charge in [-0.2, -0.15) is 0 Å². The summed E-state index contributed by atoms with van der Waals surface area (Å²) in [5, 5.41) is 13.0. The van der Waals surface area contributed by atoms with Gasteiger partial charge in [0.05, 0.1) is 19.6 Å². The summed E-state index contributed by atoms with van der Waals surface area (Å²) in [6.45, 7) is -0.345. The first-order valence-electron chi connectivity index (χ1n) is 8.28. The molecule has 1 fully saturated rings. The van der Waals surface area contributed by atoms with Gasteiger partial charge < -0.3 is 25.3 Å². The summed E-state index contributed by atoms with van der Waals surface area (Å²) in [5.41, 5.74) is -0.144. The van der Waals surface area contributed by atoms with E-state index in [0.29, 0.717) is 11.0 Å². The van der Waals surface area contributed by atoms with Crippen LogP contribution in [0.15, 0.2) is 18.2 Å². The number of imide groups is 1. The fraction of sp³-hybridized carbons (Fsp3) is 0.353. The number of carbonyl (C=O) groups excluding carboxylic acids is 4. The second-order valence-corrected chi connectivity index (χ2v) is 6.02. The van der Waals surface area contributed by atoms with Gasteiger partial charge in [-0.1, -0.05) is 6.07 Å². The molecule has 3 atom stereocenters. The van der Waals surface area contributed by atoms with Crippen molar-refractivity contribution in [3.63, 3.8) is 0 Å². The highest BCUT2D eigenvalue weighted by Crippen LogP contribution is 2.35. The zero-order chi connectivity index (χ0) is 21.7. The van der Waals surface area contributed by atoms with Gasteiger partial charge >= 0.3 is 24.0 Å². The molecule has 12 heteroatoms. The lowest BCUT2D eigenvalue weighted by Gasteiger charge is -2.41. The Labute approximate surface area is 162 Å². The van der Waals surface area contributed by atoms with Gasteiger partial charge in [-0.3, -0.25) is 9.59 Å². The molecule has 1 aliphatic heterocycles. The lowest BCUT2D eigenvalue weighted by molar-refractivity contribution is -0.150. The molecule has 0 spiro atoms. The monoisotopic (exact) mass is 413 g/mol. The van der Waals surface area contributed by atoms with Crippen molar-refractivity contribution in [2.75, 3.05) is 13.7 Å². The molecular weight excluding hydrogens is 396 g/mol. The molecule has 4 amide bonds. The van der Waals surface area contributed by atoms with Crippen LogP contribution in [0.1, 0.15) is 18.0 Å². The predicted molar refractivity (Wildman–Crippen MR) is 90.5 cm³/mol. The smallest absolute Gasteiger partial charge is 0.326 e. The van der Waals surface area contributed by atoms with Crippen LogP contribution in [0.5, 0.6) is 0 Å². The van der Waals surface area contributed by atoms with E-state index in [0.717, 1.165) is 19.2 Å². The highest BCUT2D eigenvalue weighted by Gasteiger charge is 2.49. The van der Waals surface area contributed by atoms with E-state index in [2.05, 4.69) is 15.4 Å². The van der Waals surface area contributed by atoms with Crippen LogP contribution < -0.4 is 10.6 Å². The van der Waals surface area contributed by atoms with Crippen LogP contribution in [0.4, 0.5) is 18.4 Å². The number of hydrogen-bond donors (Lipinski definition) is 3. The Morgan fingerprint density at radius 3 is 2.55 bits per heavy atom. The Morgan fingerprint density at radius 2 is 2.00 bits per heavy atom. The molecule has 3 N–H and O–H groups in total. The Kier molecular flexibility index (Phi) is 6.80. The average molecular weight is 413 g/mol. The van der Waals surface area contributed by atoms with Crippen LogP contribution in [-0.2, 0) is 19.1 Å². The SMILES string of the molecule is COC(=O)C1C(C=O)NC(=O)N(C(=O)NCCC(=O)O)[C@H]1c1ccc(F)c(F)c1. The van der Waals surface area contributed by atoms with Gasteiger partial charge in [0.15, 0.2) is 11.6 Å². The number of halogens is 2. The zero-order valence-corrected chi connectivity index (χ0v) is 15.1. The van der Waals surface area contributed by atoms with E-state index in [-0.39, 0.29) is 18.4 Å². The van der Waals surface area contributed by atoms with Crippen LogP contribution in [0.2, 0.25) is 0 Å². The van der Waals surface area contributed by atoms with Gasteiger partial charge in [0, 0.05) is 6.54 Å². The van der Waals surface area contributed by atoms with Crippen molar-refractivity contribution < 1.29 is 42.6 Å². The minimum Gasteiger partial charge on any atom is -0.481 e. The second kappa shape index (κ2) is 9.08. The lowest BCUT2D eigenvalue weighted by Crippen LogP contribution is -2.63. The number of aliphatic carboxylic acids is 1. The Bertz CT molecular complexity index is 848. The number of aldehydes is 1. The molecule has 1 aliphatic rings. The number of methoxy groups -OCH3 is 1. The summed E-state index contributed by atoms with van der Waals surface area (Å²) in [6.07, 6.45) is -0.194. The fourth-order valence-electron chi connectivity index (χ4n) is 2.95. The van der Waals surface area contributed by atoms with E-state index in [1.807, 2.05) is 0 Å². The number of ether oxygens (including phenoxy) is 1. The van der Waals surface area contributed by atoms with Crippen LogP contribution in [0.3, 0.4) is 0 Å². The summed E-state index contributed by atoms with van der Waals surface area (Å²) in [6, 6.07) is -2.64. The predicted octanol–water partition coefficient (Wildman–Crippen LogP) is 0.572. The number of nitrogens with one attached hydrogen (secondary N) is 2. The molecule has 0 aliphatic carbocycles. The fourth-order valence-corrected chi connectivity index (χ4v) is 2.95. The quantitative estimate of drug-likeness (QED) is 0.457. The molecule has 156 valence electrons. The molecular formula is C17H17F2N3O7. The molecule has 0 aromatic heterocycles. The Hall–Kier alpha value is -3.57. The number of carboxylic acids is 1. The van der Waals surface area contributed by atoms with Crippen LogP contribution in [-0.4, -0.2) is 60.0 Å². The number of carboxylic acid groups (broad SMARTS) is 1. The molecule has 0 bridgehead atoms. The molecule has 1 aromatic carbocycles. The van der Waals surface area contributed by atoms with E-state index in [1.54, 1.807) is 0 Å². The van der Waals surface area contributed by atoms with Gasteiger partial charge in [-0.25, -0.2) is 23.3 Å². The molecule has 1 saturated heterocycles. The molecule has 1 aromatic rings. The maximum atomic E-state index is 13.8. The number of nitrogens with zero attached hydrogens (tertiary/aromatic N) is 1. The standard InChI is InChI=1S/C17H17F2N3O7/c1-29-15(26)13-11(7-23)21-17(28)22(16(27)20-5-4-12(24)25)14(13)8-2-3-9(18)10(19)6-8/h2-3,6-7,11,13-14H,4-5H2,1H3,(H,20,27)(H,21,28)(H,24,25)/t11?,13?,14-/m0/s1. The largest absolute Gasteiger partial charge is 0.481 e. The van der Waals surface area contributed by atoms with Crippen molar-refractivity contribution in [1.82, 2.24) is 15.5 Å². The summed E-state index contributed by atoms with van der Waals surface area (Å²) in [7, 11) is 1.01. The number of urea groups is 2. The van der Waals surface area contributed by atoms with Gasteiger partial charge in [0.25, 0.3) is 0 Å². The Morgan fingerprint density at radius 1 is 1.31 bits per heavy atom. The van der Waals surface area contributed by atoms with E-state index in [4.69, 9.17) is 5.11 Å². The maximum absolute atomic E-state index is 13.8. The van der Waals surface area contributed by atoms with Crippen molar-refractivity contribution in [1.29, 1.82) is 0 Å². The minimum absolute atomic E-state index is 0.144. The van der Waals surface area contributed by atoms with E-state index in [9.17, 15) is 32.8 Å². The first kappa shape index (κ1) is 21.7. The number of rotatable bonds is 6. The molecule has 0 saturated carbocycles. The first-order chi connectivity index (χ1) is 13.7. The number of benzene rings is 1. The van der Waals surface area contributed by atoms with Gasteiger partial charge in [-0.15, -0.1) is 0 Å². The number of hydrogen-bond acceptors (Lipinski definition) is 6. The molecule has 29 heavy (non-hydrogen) atoms. The summed E-state index contributed by atoms with van der Waals surface area (Å²) in [4.78, 5) is 59.8. The van der Waals surface area contributed by atoms with Crippen molar-refractivity contribution in [2.24, 2.45) is 5.92 Å². The topological polar surface area (TPSA) is 142 Å². The highest BCUT2D eigenvalue weighted by atomic mass is 19.2. The van der Waals surface area contributed by atoms with Crippen molar-refractivity contribution >= 4 is 30.3 Å². The molecule has 2 unspecified atom stereocenters. The normalized spacial score (nSPS) is 21.1.